The van der Waals surface area contributed by atoms with Crippen molar-refractivity contribution in [2.45, 2.75) is 37.1 Å². The van der Waals surface area contributed by atoms with Gasteiger partial charge in [0.2, 0.25) is 0 Å². The van der Waals surface area contributed by atoms with Crippen molar-refractivity contribution in [1.82, 2.24) is 4.57 Å². The lowest BCUT2D eigenvalue weighted by Crippen LogP contribution is -2.56. The fourth-order valence-electron chi connectivity index (χ4n) is 4.08. The van der Waals surface area contributed by atoms with Crippen LogP contribution in [0.3, 0.4) is 0 Å². The van der Waals surface area contributed by atoms with Crippen LogP contribution in [0, 0.1) is 5.82 Å². The first-order chi connectivity index (χ1) is 15.4. The summed E-state index contributed by atoms with van der Waals surface area (Å²) in [7, 11) is 0. The fourth-order valence-corrected chi connectivity index (χ4v) is 4.08. The van der Waals surface area contributed by atoms with Crippen LogP contribution in [-0.2, 0) is 11.2 Å². The van der Waals surface area contributed by atoms with E-state index >= 15 is 0 Å². The Bertz CT molecular complexity index is 1050. The molecule has 1 saturated heterocycles. The van der Waals surface area contributed by atoms with Crippen molar-refractivity contribution < 1.29 is 38.7 Å². The first-order valence-corrected chi connectivity index (χ1v) is 10.3. The highest BCUT2D eigenvalue weighted by molar-refractivity contribution is 5.85. The maximum atomic E-state index is 14.8. The van der Waals surface area contributed by atoms with E-state index in [4.69, 9.17) is 9.47 Å². The average Bonchev–Trinajstić information content (AvgIpc) is 3.16. The minimum Gasteiger partial charge on any atom is -0.491 e. The standard InChI is InChI=1S/C23H25F2NO6/c24-8-9-31-15-6-4-13(5-7-15)10-14-11-26(17-3-1-2-16(25)19(14)17)23-22(30)21(29)20(28)18(12-27)32-23/h1-7,11,18,20-23,27-30H,8-10,12H2/t18-,20-,21+,22-,23-/m1/s1. The molecule has 0 amide bonds. The van der Waals surface area contributed by atoms with Crippen LogP contribution in [0.5, 0.6) is 5.75 Å². The number of alkyl halides is 1. The summed E-state index contributed by atoms with van der Waals surface area (Å²) < 4.78 is 39.5. The second kappa shape index (κ2) is 9.51. The number of nitrogens with zero attached hydrogens (tertiary/aromatic N) is 1. The van der Waals surface area contributed by atoms with Gasteiger partial charge >= 0.3 is 0 Å². The number of halogens is 2. The lowest BCUT2D eigenvalue weighted by molar-refractivity contribution is -0.250. The van der Waals surface area contributed by atoms with E-state index in [9.17, 15) is 29.2 Å². The van der Waals surface area contributed by atoms with Crippen molar-refractivity contribution in [2.75, 3.05) is 19.9 Å². The maximum absolute atomic E-state index is 14.8. The van der Waals surface area contributed by atoms with Crippen LogP contribution in [0.1, 0.15) is 17.4 Å². The van der Waals surface area contributed by atoms with Gasteiger partial charge in [-0.3, -0.25) is 0 Å². The first-order valence-electron chi connectivity index (χ1n) is 10.3. The number of ether oxygens (including phenoxy) is 2. The van der Waals surface area contributed by atoms with Gasteiger partial charge in [0.15, 0.2) is 6.23 Å². The Kier molecular flexibility index (Phi) is 6.73. The fraction of sp³-hybridized carbons (Fsp3) is 0.391. The Morgan fingerprint density at radius 1 is 1.00 bits per heavy atom. The van der Waals surface area contributed by atoms with E-state index in [2.05, 4.69) is 0 Å². The highest BCUT2D eigenvalue weighted by atomic mass is 19.1. The summed E-state index contributed by atoms with van der Waals surface area (Å²) in [4.78, 5) is 0. The largest absolute Gasteiger partial charge is 0.491 e. The van der Waals surface area contributed by atoms with Crippen LogP contribution < -0.4 is 4.74 Å². The molecule has 1 aliphatic heterocycles. The van der Waals surface area contributed by atoms with Gasteiger partial charge in [0.25, 0.3) is 0 Å². The Hall–Kier alpha value is -2.56. The molecule has 0 saturated carbocycles. The highest BCUT2D eigenvalue weighted by Crippen LogP contribution is 2.35. The number of hydrogen-bond acceptors (Lipinski definition) is 6. The van der Waals surface area contributed by atoms with E-state index < -0.39 is 49.7 Å². The van der Waals surface area contributed by atoms with Crippen LogP contribution in [0.4, 0.5) is 8.78 Å². The second-order valence-electron chi connectivity index (χ2n) is 7.77. The van der Waals surface area contributed by atoms with Crippen molar-refractivity contribution in [3.63, 3.8) is 0 Å². The molecule has 4 N–H and O–H groups in total. The number of fused-ring (bicyclic) bond motifs is 1. The van der Waals surface area contributed by atoms with Gasteiger partial charge in [-0.15, -0.1) is 0 Å². The van der Waals surface area contributed by atoms with Crippen LogP contribution in [0.15, 0.2) is 48.7 Å². The summed E-state index contributed by atoms with van der Waals surface area (Å²) in [5.41, 5.74) is 1.91. The van der Waals surface area contributed by atoms with Crippen molar-refractivity contribution in [3.8, 4) is 5.75 Å². The van der Waals surface area contributed by atoms with Crippen LogP contribution in [-0.4, -0.2) is 69.3 Å². The molecule has 0 radical (unpaired) electrons. The van der Waals surface area contributed by atoms with Crippen LogP contribution >= 0.6 is 0 Å². The highest BCUT2D eigenvalue weighted by Gasteiger charge is 2.44. The second-order valence-corrected chi connectivity index (χ2v) is 7.77. The van der Waals surface area contributed by atoms with E-state index in [0.717, 1.165) is 5.56 Å². The third-order valence-corrected chi connectivity index (χ3v) is 5.69. The number of rotatable bonds is 7. The van der Waals surface area contributed by atoms with E-state index in [0.29, 0.717) is 28.6 Å². The third-order valence-electron chi connectivity index (χ3n) is 5.69. The van der Waals surface area contributed by atoms with Gasteiger partial charge in [-0.25, -0.2) is 8.78 Å². The molecular formula is C23H25F2NO6. The molecule has 0 unspecified atom stereocenters. The molecule has 32 heavy (non-hydrogen) atoms. The molecule has 1 aliphatic rings. The van der Waals surface area contributed by atoms with Gasteiger partial charge in [0, 0.05) is 11.6 Å². The zero-order valence-electron chi connectivity index (χ0n) is 17.1. The molecule has 0 aliphatic carbocycles. The zero-order chi connectivity index (χ0) is 22.8. The molecule has 1 aromatic heterocycles. The lowest BCUT2D eigenvalue weighted by atomic mass is 9.98. The van der Waals surface area contributed by atoms with Gasteiger partial charge < -0.3 is 34.5 Å². The number of benzene rings is 2. The molecule has 3 aromatic rings. The van der Waals surface area contributed by atoms with Crippen molar-refractivity contribution in [3.05, 3.63) is 65.6 Å². The number of aromatic nitrogens is 1. The van der Waals surface area contributed by atoms with Crippen LogP contribution in [0.25, 0.3) is 10.9 Å². The quantitative estimate of drug-likeness (QED) is 0.438. The molecule has 2 aromatic carbocycles. The third kappa shape index (κ3) is 4.22. The number of aliphatic hydroxyl groups excluding tert-OH is 4. The minimum atomic E-state index is -1.54. The van der Waals surface area contributed by atoms with E-state index in [1.54, 1.807) is 36.5 Å². The summed E-state index contributed by atoms with van der Waals surface area (Å²) in [6, 6.07) is 11.5. The molecule has 0 spiro atoms. The summed E-state index contributed by atoms with van der Waals surface area (Å²) in [6.45, 7) is -1.17. The predicted molar refractivity (Wildman–Crippen MR) is 112 cm³/mol. The number of aliphatic hydroxyl groups is 4. The molecule has 172 valence electrons. The van der Waals surface area contributed by atoms with Gasteiger partial charge in [-0.2, -0.15) is 0 Å². The monoisotopic (exact) mass is 449 g/mol. The molecule has 5 atom stereocenters. The summed E-state index contributed by atoms with van der Waals surface area (Å²) in [5.74, 6) is 0.0741. The van der Waals surface area contributed by atoms with Gasteiger partial charge in [0.05, 0.1) is 12.1 Å². The summed E-state index contributed by atoms with van der Waals surface area (Å²) in [5, 5.41) is 40.6. The topological polar surface area (TPSA) is 104 Å². The molecule has 2 heterocycles. The Morgan fingerprint density at radius 3 is 2.44 bits per heavy atom. The van der Waals surface area contributed by atoms with Crippen LogP contribution in [0.2, 0.25) is 0 Å². The smallest absolute Gasteiger partial charge is 0.163 e. The molecule has 1 fully saturated rings. The molecular weight excluding hydrogens is 424 g/mol. The van der Waals surface area contributed by atoms with E-state index in [-0.39, 0.29) is 6.61 Å². The van der Waals surface area contributed by atoms with E-state index in [1.165, 1.54) is 16.7 Å². The summed E-state index contributed by atoms with van der Waals surface area (Å²) in [6.07, 6.45) is -4.75. The normalized spacial score (nSPS) is 25.9. The first kappa shape index (κ1) is 22.6. The molecule has 9 heteroatoms. The molecule has 7 nitrogen and oxygen atoms in total. The van der Waals surface area contributed by atoms with Crippen molar-refractivity contribution >= 4 is 10.9 Å². The summed E-state index contributed by atoms with van der Waals surface area (Å²) >= 11 is 0. The predicted octanol–water partition coefficient (Wildman–Crippen LogP) is 1.69. The lowest BCUT2D eigenvalue weighted by Gasteiger charge is -2.40. The molecule has 0 bridgehead atoms. The minimum absolute atomic E-state index is 0.0306. The SMILES string of the molecule is OC[C@H]1O[C@@H](n2cc(Cc3ccc(OCCF)cc3)c3c(F)cccc32)[C@H](O)[C@@H](O)[C@@H]1O. The van der Waals surface area contributed by atoms with Gasteiger partial charge in [-0.05, 0) is 41.8 Å². The number of hydrogen-bond donors (Lipinski definition) is 4. The molecule has 4 rings (SSSR count). The van der Waals surface area contributed by atoms with Gasteiger partial charge in [-0.1, -0.05) is 18.2 Å². The van der Waals surface area contributed by atoms with Crippen molar-refractivity contribution in [2.24, 2.45) is 0 Å². The Morgan fingerprint density at radius 2 is 1.75 bits per heavy atom. The van der Waals surface area contributed by atoms with E-state index in [1.807, 2.05) is 0 Å². The average molecular weight is 449 g/mol. The Balaban J connectivity index is 1.69. The van der Waals surface area contributed by atoms with Crippen molar-refractivity contribution in [1.29, 1.82) is 0 Å². The maximum Gasteiger partial charge on any atom is 0.163 e. The zero-order valence-corrected chi connectivity index (χ0v) is 17.1. The Labute approximate surface area is 183 Å². The van der Waals surface area contributed by atoms with Gasteiger partial charge in [0.1, 0.15) is 49.3 Å².